The minimum absolute atomic E-state index is 0.232. The second kappa shape index (κ2) is 8.13. The molecular formula is C26H30N6O2. The summed E-state index contributed by atoms with van der Waals surface area (Å²) in [6.45, 7) is 5.87. The number of aryl methyl sites for hydroxylation is 3. The number of hydrogen-bond donors (Lipinski definition) is 2. The number of furan rings is 1. The molecule has 34 heavy (non-hydrogen) atoms. The Kier molecular flexibility index (Phi) is 5.06. The van der Waals surface area contributed by atoms with E-state index in [1.807, 2.05) is 45.3 Å². The first-order chi connectivity index (χ1) is 16.4. The van der Waals surface area contributed by atoms with Crippen LogP contribution in [-0.2, 0) is 7.05 Å². The van der Waals surface area contributed by atoms with Gasteiger partial charge in [0.1, 0.15) is 5.52 Å². The topological polar surface area (TPSA) is 88.2 Å². The van der Waals surface area contributed by atoms with Crippen molar-refractivity contribution >= 4 is 39.4 Å². The normalized spacial score (nSPS) is 17.1. The van der Waals surface area contributed by atoms with Gasteiger partial charge in [-0.05, 0) is 57.7 Å². The smallest absolute Gasteiger partial charge is 0.260 e. The molecule has 4 heterocycles. The molecule has 2 fully saturated rings. The molecule has 176 valence electrons. The first kappa shape index (κ1) is 21.2. The molecule has 4 aromatic rings. The number of pyridine rings is 1. The number of piperidine rings is 1. The monoisotopic (exact) mass is 458 g/mol. The van der Waals surface area contributed by atoms with E-state index in [1.165, 1.54) is 12.8 Å². The van der Waals surface area contributed by atoms with Gasteiger partial charge >= 0.3 is 0 Å². The van der Waals surface area contributed by atoms with Crippen LogP contribution in [0.2, 0.25) is 0 Å². The summed E-state index contributed by atoms with van der Waals surface area (Å²) in [6, 6.07) is 9.10. The van der Waals surface area contributed by atoms with Crippen molar-refractivity contribution < 1.29 is 9.21 Å². The van der Waals surface area contributed by atoms with Crippen molar-refractivity contribution in [1.29, 1.82) is 0 Å². The van der Waals surface area contributed by atoms with Crippen molar-refractivity contribution in [3.8, 4) is 0 Å². The van der Waals surface area contributed by atoms with Crippen molar-refractivity contribution in [3.63, 3.8) is 0 Å². The van der Waals surface area contributed by atoms with Crippen LogP contribution < -0.4 is 15.5 Å². The minimum Gasteiger partial charge on any atom is -0.438 e. The Bertz CT molecular complexity index is 1390. The van der Waals surface area contributed by atoms with E-state index in [1.54, 1.807) is 4.68 Å². The fraction of sp³-hybridized carbons (Fsp3) is 0.423. The molecule has 2 aliphatic rings. The van der Waals surface area contributed by atoms with E-state index in [0.29, 0.717) is 28.6 Å². The number of rotatable bonds is 5. The standard InChI is InChI=1S/C26H30N6O2/c1-15-12-17-13-23(34-25(17)16(2)27-15)29-26(33)20-6-7-22(21-14-31(3)30-24(20)21)32-10-8-19(9-11-32)28-18-4-5-18/h6-7,12-14,18-19,28H,4-5,8-11H2,1-3H3,(H,29,33). The largest absolute Gasteiger partial charge is 0.438 e. The highest BCUT2D eigenvalue weighted by molar-refractivity contribution is 6.13. The van der Waals surface area contributed by atoms with E-state index in [4.69, 9.17) is 4.42 Å². The molecule has 0 radical (unpaired) electrons. The maximum Gasteiger partial charge on any atom is 0.260 e. The summed E-state index contributed by atoms with van der Waals surface area (Å²) < 4.78 is 7.67. The molecule has 6 rings (SSSR count). The maximum atomic E-state index is 13.2. The van der Waals surface area contributed by atoms with E-state index >= 15 is 0 Å². The second-order valence-corrected chi connectivity index (χ2v) is 9.73. The van der Waals surface area contributed by atoms with Crippen molar-refractivity contribution in [2.75, 3.05) is 23.3 Å². The highest BCUT2D eigenvalue weighted by Gasteiger charge is 2.28. The molecule has 1 aliphatic heterocycles. The lowest BCUT2D eigenvalue weighted by Crippen LogP contribution is -2.43. The maximum absolute atomic E-state index is 13.2. The molecule has 0 bridgehead atoms. The van der Waals surface area contributed by atoms with Crippen molar-refractivity contribution in [2.24, 2.45) is 7.05 Å². The predicted octanol–water partition coefficient (Wildman–Crippen LogP) is 4.30. The molecular weight excluding hydrogens is 428 g/mol. The van der Waals surface area contributed by atoms with Gasteiger partial charge in [0.05, 0.1) is 11.3 Å². The predicted molar refractivity (Wildman–Crippen MR) is 134 cm³/mol. The van der Waals surface area contributed by atoms with Crippen LogP contribution in [-0.4, -0.2) is 45.8 Å². The van der Waals surface area contributed by atoms with Gasteiger partial charge in [-0.2, -0.15) is 5.10 Å². The van der Waals surface area contributed by atoms with E-state index in [2.05, 4.69) is 31.7 Å². The van der Waals surface area contributed by atoms with Crippen LogP contribution in [0.15, 0.2) is 34.9 Å². The van der Waals surface area contributed by atoms with Crippen molar-refractivity contribution in [1.82, 2.24) is 20.1 Å². The average Bonchev–Trinajstić information content (AvgIpc) is 3.38. The number of fused-ring (bicyclic) bond motifs is 2. The molecule has 0 unspecified atom stereocenters. The number of carbonyl (C=O) groups is 1. The van der Waals surface area contributed by atoms with Crippen molar-refractivity contribution in [2.45, 2.75) is 51.6 Å². The van der Waals surface area contributed by atoms with Gasteiger partial charge in [0, 0.05) is 66.6 Å². The molecule has 1 saturated heterocycles. The molecule has 8 heteroatoms. The Morgan fingerprint density at radius 3 is 2.62 bits per heavy atom. The summed E-state index contributed by atoms with van der Waals surface area (Å²) in [4.78, 5) is 20.1. The molecule has 0 spiro atoms. The summed E-state index contributed by atoms with van der Waals surface area (Å²) in [5.41, 5.74) is 4.81. The number of benzene rings is 1. The Hall–Kier alpha value is -3.39. The van der Waals surface area contributed by atoms with Gasteiger partial charge in [-0.25, -0.2) is 0 Å². The second-order valence-electron chi connectivity index (χ2n) is 9.73. The number of nitrogens with zero attached hydrogens (tertiary/aromatic N) is 4. The Labute approximate surface area is 198 Å². The third-order valence-electron chi connectivity index (χ3n) is 6.93. The van der Waals surface area contributed by atoms with Crippen LogP contribution in [0.4, 0.5) is 11.6 Å². The van der Waals surface area contributed by atoms with Gasteiger partial charge in [-0.1, -0.05) is 0 Å². The number of anilines is 2. The van der Waals surface area contributed by atoms with Crippen molar-refractivity contribution in [3.05, 3.63) is 47.4 Å². The molecule has 8 nitrogen and oxygen atoms in total. The highest BCUT2D eigenvalue weighted by atomic mass is 16.4. The fourth-order valence-electron chi connectivity index (χ4n) is 5.14. The third-order valence-corrected chi connectivity index (χ3v) is 6.93. The fourth-order valence-corrected chi connectivity index (χ4v) is 5.14. The molecule has 1 aliphatic carbocycles. The summed E-state index contributed by atoms with van der Waals surface area (Å²) in [6.07, 6.45) is 6.93. The van der Waals surface area contributed by atoms with Gasteiger partial charge in [-0.15, -0.1) is 0 Å². The number of carbonyl (C=O) groups excluding carboxylic acids is 1. The number of nitrogens with one attached hydrogen (secondary N) is 2. The Balaban J connectivity index is 1.26. The quantitative estimate of drug-likeness (QED) is 0.464. The van der Waals surface area contributed by atoms with Crippen LogP contribution in [0, 0.1) is 13.8 Å². The molecule has 0 atom stereocenters. The summed E-state index contributed by atoms with van der Waals surface area (Å²) >= 11 is 0. The first-order valence-electron chi connectivity index (χ1n) is 12.1. The van der Waals surface area contributed by atoms with Crippen LogP contribution in [0.5, 0.6) is 0 Å². The third kappa shape index (κ3) is 3.92. The van der Waals surface area contributed by atoms with Crippen LogP contribution in [0.1, 0.15) is 47.4 Å². The lowest BCUT2D eigenvalue weighted by molar-refractivity contribution is 0.102. The zero-order valence-electron chi connectivity index (χ0n) is 19.9. The SMILES string of the molecule is Cc1cc2cc(NC(=O)c3ccc(N4CCC(NC5CC5)CC4)c4cn(C)nc34)oc2c(C)n1. The molecule has 2 N–H and O–H groups in total. The van der Waals surface area contributed by atoms with Gasteiger partial charge < -0.3 is 14.6 Å². The summed E-state index contributed by atoms with van der Waals surface area (Å²) in [5.74, 6) is 0.179. The Morgan fingerprint density at radius 1 is 1.09 bits per heavy atom. The summed E-state index contributed by atoms with van der Waals surface area (Å²) in [7, 11) is 1.90. The Morgan fingerprint density at radius 2 is 1.85 bits per heavy atom. The van der Waals surface area contributed by atoms with E-state index in [0.717, 1.165) is 59.8 Å². The van der Waals surface area contributed by atoms with E-state index in [-0.39, 0.29) is 5.91 Å². The molecule has 3 aromatic heterocycles. The number of aromatic nitrogens is 3. The summed E-state index contributed by atoms with van der Waals surface area (Å²) in [5, 5.41) is 13.3. The van der Waals surface area contributed by atoms with Gasteiger partial charge in [-0.3, -0.25) is 19.8 Å². The molecule has 1 amide bonds. The van der Waals surface area contributed by atoms with Gasteiger partial charge in [0.2, 0.25) is 5.88 Å². The van der Waals surface area contributed by atoms with E-state index in [9.17, 15) is 4.79 Å². The van der Waals surface area contributed by atoms with Gasteiger partial charge in [0.15, 0.2) is 5.58 Å². The lowest BCUT2D eigenvalue weighted by atomic mass is 10.0. The van der Waals surface area contributed by atoms with E-state index < -0.39 is 0 Å². The number of amides is 1. The first-order valence-corrected chi connectivity index (χ1v) is 12.1. The van der Waals surface area contributed by atoms with Crippen LogP contribution in [0.3, 0.4) is 0 Å². The zero-order valence-corrected chi connectivity index (χ0v) is 19.9. The minimum atomic E-state index is -0.232. The molecule has 1 aromatic carbocycles. The number of hydrogen-bond acceptors (Lipinski definition) is 6. The zero-order chi connectivity index (χ0) is 23.4. The van der Waals surface area contributed by atoms with Gasteiger partial charge in [0.25, 0.3) is 5.91 Å². The average molecular weight is 459 g/mol. The van der Waals surface area contributed by atoms with Crippen LogP contribution in [0.25, 0.3) is 21.9 Å². The highest BCUT2D eigenvalue weighted by Crippen LogP contribution is 2.32. The van der Waals surface area contributed by atoms with Crippen LogP contribution >= 0.6 is 0 Å². The molecule has 1 saturated carbocycles. The lowest BCUT2D eigenvalue weighted by Gasteiger charge is -2.34.